The van der Waals surface area contributed by atoms with Crippen LogP contribution in [-0.4, -0.2) is 29.1 Å². The molecular weight excluding hydrogens is 322 g/mol. The van der Waals surface area contributed by atoms with E-state index < -0.39 is 11.4 Å². The largest absolute Gasteiger partial charge is 0.481 e. The third-order valence-corrected chi connectivity index (χ3v) is 6.28. The summed E-state index contributed by atoms with van der Waals surface area (Å²) in [5.74, 6) is -0.262. The quantitative estimate of drug-likeness (QED) is 0.873. The fourth-order valence-electron chi connectivity index (χ4n) is 5.07. The molecule has 2 fully saturated rings. The van der Waals surface area contributed by atoms with Crippen LogP contribution in [0.15, 0.2) is 42.5 Å². The molecule has 26 heavy (non-hydrogen) atoms. The van der Waals surface area contributed by atoms with Crippen molar-refractivity contribution >= 4 is 5.97 Å². The van der Waals surface area contributed by atoms with Gasteiger partial charge in [-0.25, -0.2) is 0 Å². The second kappa shape index (κ2) is 6.55. The summed E-state index contributed by atoms with van der Waals surface area (Å²) < 4.78 is 0. The number of likely N-dealkylation sites (tertiary alicyclic amines) is 1. The van der Waals surface area contributed by atoms with Crippen molar-refractivity contribution < 1.29 is 9.90 Å². The topological polar surface area (TPSA) is 40.5 Å². The number of fused-ring (bicyclic) bond motifs is 1. The third-order valence-electron chi connectivity index (χ3n) is 6.28. The number of carboxylic acid groups (broad SMARTS) is 1. The Morgan fingerprint density at radius 2 is 1.81 bits per heavy atom. The van der Waals surface area contributed by atoms with E-state index >= 15 is 0 Å². The van der Waals surface area contributed by atoms with Gasteiger partial charge in [-0.2, -0.15) is 0 Å². The third kappa shape index (κ3) is 3.05. The monoisotopic (exact) mass is 349 g/mol. The summed E-state index contributed by atoms with van der Waals surface area (Å²) in [5.41, 5.74) is 5.84. The van der Waals surface area contributed by atoms with Gasteiger partial charge in [0.15, 0.2) is 0 Å². The molecule has 0 spiro atoms. The zero-order valence-corrected chi connectivity index (χ0v) is 15.7. The lowest BCUT2D eigenvalue weighted by Crippen LogP contribution is -2.35. The Morgan fingerprint density at radius 3 is 2.42 bits per heavy atom. The van der Waals surface area contributed by atoms with Crippen molar-refractivity contribution in [2.24, 2.45) is 11.3 Å². The van der Waals surface area contributed by atoms with Gasteiger partial charge in [0.25, 0.3) is 0 Å². The van der Waals surface area contributed by atoms with Crippen LogP contribution in [0.3, 0.4) is 0 Å². The van der Waals surface area contributed by atoms with E-state index in [0.717, 1.165) is 32.4 Å². The highest BCUT2D eigenvalue weighted by Gasteiger charge is 2.54. The number of nitrogens with zero attached hydrogens (tertiary/aromatic N) is 1. The van der Waals surface area contributed by atoms with Crippen LogP contribution in [-0.2, 0) is 11.3 Å². The summed E-state index contributed by atoms with van der Waals surface area (Å²) in [6, 6.07) is 15.4. The first kappa shape index (κ1) is 17.3. The minimum Gasteiger partial charge on any atom is -0.481 e. The number of carboxylic acids is 1. The second-order valence-electron chi connectivity index (χ2n) is 8.29. The van der Waals surface area contributed by atoms with Gasteiger partial charge in [0.1, 0.15) is 0 Å². The molecule has 2 aliphatic rings. The Morgan fingerprint density at radius 1 is 1.12 bits per heavy atom. The van der Waals surface area contributed by atoms with Crippen LogP contribution in [0.5, 0.6) is 0 Å². The van der Waals surface area contributed by atoms with Crippen LogP contribution in [0.4, 0.5) is 0 Å². The Labute approximate surface area is 155 Å². The molecule has 2 atom stereocenters. The van der Waals surface area contributed by atoms with Gasteiger partial charge in [0, 0.05) is 19.6 Å². The molecule has 1 aliphatic carbocycles. The number of rotatable bonds is 4. The average molecular weight is 349 g/mol. The zero-order valence-electron chi connectivity index (χ0n) is 15.7. The molecule has 1 saturated heterocycles. The van der Waals surface area contributed by atoms with Crippen molar-refractivity contribution in [1.29, 1.82) is 0 Å². The highest BCUT2D eigenvalue weighted by Crippen LogP contribution is 2.49. The first-order valence-electron chi connectivity index (χ1n) is 9.60. The van der Waals surface area contributed by atoms with E-state index in [9.17, 15) is 9.90 Å². The summed E-state index contributed by atoms with van der Waals surface area (Å²) in [6.45, 7) is 6.73. The van der Waals surface area contributed by atoms with Gasteiger partial charge in [-0.3, -0.25) is 9.69 Å². The molecule has 0 amide bonds. The van der Waals surface area contributed by atoms with Gasteiger partial charge in [-0.15, -0.1) is 0 Å². The van der Waals surface area contributed by atoms with E-state index in [1.807, 2.05) is 0 Å². The van der Waals surface area contributed by atoms with Gasteiger partial charge in [-0.05, 0) is 49.3 Å². The van der Waals surface area contributed by atoms with Gasteiger partial charge in [-0.1, -0.05) is 60.0 Å². The average Bonchev–Trinajstić information content (AvgIpc) is 3.12. The van der Waals surface area contributed by atoms with Crippen molar-refractivity contribution in [2.75, 3.05) is 13.1 Å². The van der Waals surface area contributed by atoms with Crippen molar-refractivity contribution in [1.82, 2.24) is 4.90 Å². The maximum absolute atomic E-state index is 11.8. The van der Waals surface area contributed by atoms with Crippen LogP contribution in [0.2, 0.25) is 0 Å². The number of benzene rings is 2. The Hall–Kier alpha value is -2.13. The number of aryl methyl sites for hydroxylation is 2. The highest BCUT2D eigenvalue weighted by molar-refractivity contribution is 5.76. The van der Waals surface area contributed by atoms with E-state index in [2.05, 4.69) is 61.2 Å². The smallest absolute Gasteiger partial charge is 0.311 e. The highest BCUT2D eigenvalue weighted by atomic mass is 16.4. The van der Waals surface area contributed by atoms with Crippen LogP contribution in [0, 0.1) is 25.2 Å². The molecule has 0 unspecified atom stereocenters. The summed E-state index contributed by atoms with van der Waals surface area (Å²) in [5, 5.41) is 9.74. The summed E-state index contributed by atoms with van der Waals surface area (Å²) in [7, 11) is 0. The van der Waals surface area contributed by atoms with E-state index in [0.29, 0.717) is 12.5 Å². The molecule has 3 nitrogen and oxygen atoms in total. The first-order chi connectivity index (χ1) is 12.5. The maximum atomic E-state index is 11.8. The molecule has 2 aromatic rings. The lowest BCUT2D eigenvalue weighted by atomic mass is 9.81. The summed E-state index contributed by atoms with van der Waals surface area (Å²) in [4.78, 5) is 14.2. The molecule has 1 heterocycles. The minimum absolute atomic E-state index is 0.328. The number of carbonyl (C=O) groups is 1. The Bertz CT molecular complexity index is 806. The molecule has 1 N–H and O–H groups in total. The van der Waals surface area contributed by atoms with Gasteiger partial charge in [0.2, 0.25) is 0 Å². The number of hydrogen-bond donors (Lipinski definition) is 1. The van der Waals surface area contributed by atoms with Crippen LogP contribution in [0.1, 0.15) is 36.0 Å². The van der Waals surface area contributed by atoms with Gasteiger partial charge in [0.05, 0.1) is 5.41 Å². The van der Waals surface area contributed by atoms with Crippen LogP contribution in [0.25, 0.3) is 11.1 Å². The van der Waals surface area contributed by atoms with Crippen molar-refractivity contribution in [2.45, 2.75) is 39.7 Å². The molecule has 1 saturated carbocycles. The van der Waals surface area contributed by atoms with Gasteiger partial charge >= 0.3 is 5.97 Å². The van der Waals surface area contributed by atoms with Crippen molar-refractivity contribution in [3.63, 3.8) is 0 Å². The molecule has 0 aromatic heterocycles. The van der Waals surface area contributed by atoms with Crippen LogP contribution < -0.4 is 0 Å². The van der Waals surface area contributed by atoms with Crippen molar-refractivity contribution in [3.05, 3.63) is 59.2 Å². The van der Waals surface area contributed by atoms with E-state index in [-0.39, 0.29) is 0 Å². The molecule has 2 aromatic carbocycles. The lowest BCUT2D eigenvalue weighted by Gasteiger charge is -2.23. The number of aliphatic carboxylic acids is 1. The van der Waals surface area contributed by atoms with E-state index in [1.54, 1.807) is 0 Å². The summed E-state index contributed by atoms with van der Waals surface area (Å²) >= 11 is 0. The normalized spacial score (nSPS) is 25.4. The molecule has 136 valence electrons. The fourth-order valence-corrected chi connectivity index (χ4v) is 5.07. The van der Waals surface area contributed by atoms with E-state index in [4.69, 9.17) is 0 Å². The maximum Gasteiger partial charge on any atom is 0.311 e. The molecular formula is C23H27NO2. The molecule has 0 radical (unpaired) electrons. The Kier molecular flexibility index (Phi) is 4.36. The fraction of sp³-hybridized carbons (Fsp3) is 0.435. The lowest BCUT2D eigenvalue weighted by molar-refractivity contribution is -0.149. The SMILES string of the molecule is Cc1cc(C)cc(-c2ccc(CN3C[C@@H]4CCC[C@@]4(C(=O)O)C3)cc2)c1. The number of hydrogen-bond acceptors (Lipinski definition) is 2. The first-order valence-corrected chi connectivity index (χ1v) is 9.60. The van der Waals surface area contributed by atoms with Crippen molar-refractivity contribution in [3.8, 4) is 11.1 Å². The Balaban J connectivity index is 1.48. The predicted octanol–water partition coefficient (Wildman–Crippen LogP) is 4.66. The van der Waals surface area contributed by atoms with E-state index in [1.165, 1.54) is 27.8 Å². The second-order valence-corrected chi connectivity index (χ2v) is 8.29. The minimum atomic E-state index is -0.590. The molecule has 4 rings (SSSR count). The molecule has 1 aliphatic heterocycles. The standard InChI is InChI=1S/C23H27NO2/c1-16-10-17(2)12-20(11-16)19-7-5-18(6-8-19)13-24-14-21-4-3-9-23(21,15-24)22(25)26/h5-8,10-12,21H,3-4,9,13-15H2,1-2H3,(H,25,26)/t21-,23+/m0/s1. The summed E-state index contributed by atoms with van der Waals surface area (Å²) in [6.07, 6.45) is 2.97. The molecule has 0 bridgehead atoms. The van der Waals surface area contributed by atoms with Crippen LogP contribution >= 0.6 is 0 Å². The molecule has 3 heteroatoms. The predicted molar refractivity (Wildman–Crippen MR) is 104 cm³/mol. The van der Waals surface area contributed by atoms with Gasteiger partial charge < -0.3 is 5.11 Å². The zero-order chi connectivity index (χ0) is 18.3.